The van der Waals surface area contributed by atoms with E-state index >= 15 is 0 Å². The lowest BCUT2D eigenvalue weighted by molar-refractivity contribution is -0.119. The Hall–Kier alpha value is -3.28. The van der Waals surface area contributed by atoms with Crippen molar-refractivity contribution >= 4 is 22.8 Å². The summed E-state index contributed by atoms with van der Waals surface area (Å²) >= 11 is 0. The molecule has 0 bridgehead atoms. The highest BCUT2D eigenvalue weighted by Crippen LogP contribution is 2.29. The van der Waals surface area contributed by atoms with Crippen molar-refractivity contribution in [3.8, 4) is 0 Å². The van der Waals surface area contributed by atoms with Crippen LogP contribution in [0.5, 0.6) is 0 Å². The van der Waals surface area contributed by atoms with E-state index in [1.54, 1.807) is 24.5 Å². The Morgan fingerprint density at radius 2 is 1.71 bits per heavy atom. The first-order valence-corrected chi connectivity index (χ1v) is 9.35. The number of nitrogens with zero attached hydrogens (tertiary/aromatic N) is 3. The van der Waals surface area contributed by atoms with Crippen LogP contribution in [-0.2, 0) is 4.79 Å². The molecule has 0 radical (unpaired) electrons. The zero-order valence-corrected chi connectivity index (χ0v) is 15.9. The molecule has 1 N–H and O–H groups in total. The van der Waals surface area contributed by atoms with Gasteiger partial charge in [0.25, 0.3) is 5.91 Å². The van der Waals surface area contributed by atoms with E-state index in [-0.39, 0.29) is 23.8 Å². The van der Waals surface area contributed by atoms with Gasteiger partial charge in [0.05, 0.1) is 17.1 Å². The van der Waals surface area contributed by atoms with Crippen LogP contribution in [0.2, 0.25) is 0 Å². The van der Waals surface area contributed by atoms with Crippen molar-refractivity contribution in [3.05, 3.63) is 71.5 Å². The molecule has 4 rings (SSSR count). The maximum atomic E-state index is 13.1. The molecule has 1 saturated heterocycles. The highest BCUT2D eigenvalue weighted by atomic mass is 16.2. The molecule has 2 aromatic carbocycles. The van der Waals surface area contributed by atoms with Crippen LogP contribution >= 0.6 is 0 Å². The molecule has 1 aliphatic rings. The number of carbonyl (C=O) groups excluding carboxylic acids is 2. The molecule has 1 aromatic heterocycles. The summed E-state index contributed by atoms with van der Waals surface area (Å²) in [6.45, 7) is 4.60. The van der Waals surface area contributed by atoms with Crippen LogP contribution in [0.15, 0.2) is 54.9 Å². The SMILES string of the molecule is CC(=O)N[C@@H]1CN(C(=O)c2ccc3nccnc3c2)C[C@H]1c1ccc(C)cc1. The number of nitrogens with one attached hydrogen (secondary N) is 1. The molecule has 2 atom stereocenters. The van der Waals surface area contributed by atoms with Gasteiger partial charge in [0.15, 0.2) is 0 Å². The highest BCUT2D eigenvalue weighted by molar-refractivity contribution is 5.97. The monoisotopic (exact) mass is 374 g/mol. The molecular formula is C22H22N4O2. The summed E-state index contributed by atoms with van der Waals surface area (Å²) in [6.07, 6.45) is 3.25. The quantitative estimate of drug-likeness (QED) is 0.765. The average molecular weight is 374 g/mol. The highest BCUT2D eigenvalue weighted by Gasteiger charge is 2.37. The van der Waals surface area contributed by atoms with Crippen molar-refractivity contribution in [2.45, 2.75) is 25.8 Å². The zero-order valence-electron chi connectivity index (χ0n) is 15.9. The summed E-state index contributed by atoms with van der Waals surface area (Å²) in [7, 11) is 0. The molecule has 3 aromatic rings. The normalized spacial score (nSPS) is 19.0. The van der Waals surface area contributed by atoms with Gasteiger partial charge in [0.2, 0.25) is 5.91 Å². The number of aromatic nitrogens is 2. The minimum absolute atomic E-state index is 0.0579. The second-order valence-electron chi connectivity index (χ2n) is 7.29. The predicted octanol–water partition coefficient (Wildman–Crippen LogP) is 2.68. The van der Waals surface area contributed by atoms with Gasteiger partial charge in [0.1, 0.15) is 0 Å². The first-order valence-electron chi connectivity index (χ1n) is 9.35. The van der Waals surface area contributed by atoms with Crippen molar-refractivity contribution in [1.29, 1.82) is 0 Å². The number of amides is 2. The maximum Gasteiger partial charge on any atom is 0.254 e. The van der Waals surface area contributed by atoms with E-state index in [0.29, 0.717) is 24.2 Å². The van der Waals surface area contributed by atoms with E-state index in [1.165, 1.54) is 12.5 Å². The molecular weight excluding hydrogens is 352 g/mol. The largest absolute Gasteiger partial charge is 0.351 e. The summed E-state index contributed by atoms with van der Waals surface area (Å²) in [5, 5.41) is 3.02. The predicted molar refractivity (Wildman–Crippen MR) is 107 cm³/mol. The molecule has 142 valence electrons. The molecule has 6 nitrogen and oxygen atoms in total. The summed E-state index contributed by atoms with van der Waals surface area (Å²) in [4.78, 5) is 35.2. The Kier molecular flexibility index (Phi) is 4.77. The van der Waals surface area contributed by atoms with Gasteiger partial charge in [0, 0.05) is 43.9 Å². The van der Waals surface area contributed by atoms with Crippen molar-refractivity contribution < 1.29 is 9.59 Å². The zero-order chi connectivity index (χ0) is 19.7. The Bertz CT molecular complexity index is 1030. The van der Waals surface area contributed by atoms with E-state index in [0.717, 1.165) is 11.1 Å². The lowest BCUT2D eigenvalue weighted by Gasteiger charge is -2.19. The Morgan fingerprint density at radius 1 is 1.00 bits per heavy atom. The number of rotatable bonds is 3. The third kappa shape index (κ3) is 3.58. The van der Waals surface area contributed by atoms with Crippen LogP contribution < -0.4 is 5.32 Å². The number of carbonyl (C=O) groups is 2. The molecule has 2 amide bonds. The van der Waals surface area contributed by atoms with Gasteiger partial charge in [-0.25, -0.2) is 0 Å². The van der Waals surface area contributed by atoms with Crippen LogP contribution in [0.1, 0.15) is 34.3 Å². The molecule has 28 heavy (non-hydrogen) atoms. The number of hydrogen-bond donors (Lipinski definition) is 1. The first-order chi connectivity index (χ1) is 13.5. The Labute approximate surface area is 163 Å². The average Bonchev–Trinajstić information content (AvgIpc) is 3.10. The summed E-state index contributed by atoms with van der Waals surface area (Å²) in [6, 6.07) is 13.5. The molecule has 0 saturated carbocycles. The maximum absolute atomic E-state index is 13.1. The van der Waals surface area contributed by atoms with Crippen LogP contribution in [-0.4, -0.2) is 45.8 Å². The molecule has 6 heteroatoms. The van der Waals surface area contributed by atoms with Gasteiger partial charge in [-0.2, -0.15) is 0 Å². The van der Waals surface area contributed by atoms with Crippen molar-refractivity contribution in [2.75, 3.05) is 13.1 Å². The van der Waals surface area contributed by atoms with Gasteiger partial charge in [-0.15, -0.1) is 0 Å². The Balaban J connectivity index is 1.60. The summed E-state index contributed by atoms with van der Waals surface area (Å²) < 4.78 is 0. The van der Waals surface area contributed by atoms with Gasteiger partial charge in [-0.3, -0.25) is 19.6 Å². The molecule has 0 spiro atoms. The third-order valence-corrected chi connectivity index (χ3v) is 5.22. The first kappa shape index (κ1) is 18.1. The number of benzene rings is 2. The van der Waals surface area contributed by atoms with Crippen molar-refractivity contribution in [2.24, 2.45) is 0 Å². The number of likely N-dealkylation sites (tertiary alicyclic amines) is 1. The van der Waals surface area contributed by atoms with E-state index < -0.39 is 0 Å². The third-order valence-electron chi connectivity index (χ3n) is 5.22. The Morgan fingerprint density at radius 3 is 2.43 bits per heavy atom. The van der Waals surface area contributed by atoms with Gasteiger partial charge < -0.3 is 10.2 Å². The fourth-order valence-corrected chi connectivity index (χ4v) is 3.81. The van der Waals surface area contributed by atoms with Crippen LogP contribution in [0.3, 0.4) is 0 Å². The fraction of sp³-hybridized carbons (Fsp3) is 0.273. The van der Waals surface area contributed by atoms with E-state index in [9.17, 15) is 9.59 Å². The van der Waals surface area contributed by atoms with E-state index in [4.69, 9.17) is 0 Å². The van der Waals surface area contributed by atoms with Gasteiger partial charge >= 0.3 is 0 Å². The van der Waals surface area contributed by atoms with Gasteiger partial charge in [-0.1, -0.05) is 29.8 Å². The number of hydrogen-bond acceptors (Lipinski definition) is 4. The lowest BCUT2D eigenvalue weighted by Crippen LogP contribution is -2.39. The molecule has 0 unspecified atom stereocenters. The molecule has 0 aliphatic carbocycles. The minimum atomic E-state index is -0.107. The summed E-state index contributed by atoms with van der Waals surface area (Å²) in [5.41, 5.74) is 4.35. The van der Waals surface area contributed by atoms with Crippen LogP contribution in [0, 0.1) is 6.92 Å². The second kappa shape index (κ2) is 7.38. The number of fused-ring (bicyclic) bond motifs is 1. The van der Waals surface area contributed by atoms with Crippen LogP contribution in [0.4, 0.5) is 0 Å². The van der Waals surface area contributed by atoms with Gasteiger partial charge in [-0.05, 0) is 30.7 Å². The summed E-state index contributed by atoms with van der Waals surface area (Å²) in [5.74, 6) is -0.0800. The van der Waals surface area contributed by atoms with Crippen molar-refractivity contribution in [3.63, 3.8) is 0 Å². The molecule has 1 aliphatic heterocycles. The standard InChI is InChI=1S/C22H22N4O2/c1-14-3-5-16(6-4-14)18-12-26(13-21(18)25-15(2)27)22(28)17-7-8-19-20(11-17)24-10-9-23-19/h3-11,18,21H,12-13H2,1-2H3,(H,25,27)/t18-,21+/m0/s1. The topological polar surface area (TPSA) is 75.2 Å². The number of aryl methyl sites for hydroxylation is 1. The molecule has 1 fully saturated rings. The van der Waals surface area contributed by atoms with E-state index in [1.807, 2.05) is 17.9 Å². The lowest BCUT2D eigenvalue weighted by atomic mass is 9.93. The van der Waals surface area contributed by atoms with Crippen LogP contribution in [0.25, 0.3) is 11.0 Å². The van der Waals surface area contributed by atoms with E-state index in [2.05, 4.69) is 39.6 Å². The smallest absolute Gasteiger partial charge is 0.254 e. The minimum Gasteiger partial charge on any atom is -0.351 e. The fourth-order valence-electron chi connectivity index (χ4n) is 3.81. The second-order valence-corrected chi connectivity index (χ2v) is 7.29. The molecule has 2 heterocycles. The van der Waals surface area contributed by atoms with Crippen molar-refractivity contribution in [1.82, 2.24) is 20.2 Å².